The number of furan rings is 1. The molecule has 0 bridgehead atoms. The molecule has 0 spiro atoms. The predicted octanol–water partition coefficient (Wildman–Crippen LogP) is 4.22. The van der Waals surface area contributed by atoms with Crippen molar-refractivity contribution in [3.63, 3.8) is 0 Å². The SMILES string of the molecule is COc1c(-c2ccccc2)oc2c(cc(OC)c3occc32)c1=O. The lowest BCUT2D eigenvalue weighted by atomic mass is 10.1. The first-order chi connectivity index (χ1) is 11.7. The highest BCUT2D eigenvalue weighted by Gasteiger charge is 2.21. The molecule has 5 heteroatoms. The van der Waals surface area contributed by atoms with Crippen LogP contribution in [0.1, 0.15) is 0 Å². The van der Waals surface area contributed by atoms with E-state index < -0.39 is 0 Å². The normalized spacial score (nSPS) is 11.1. The fourth-order valence-corrected chi connectivity index (χ4v) is 2.86. The molecule has 2 aromatic carbocycles. The van der Waals surface area contributed by atoms with Crippen molar-refractivity contribution in [1.29, 1.82) is 0 Å². The summed E-state index contributed by atoms with van der Waals surface area (Å²) in [5.74, 6) is 1.03. The van der Waals surface area contributed by atoms with Gasteiger partial charge >= 0.3 is 0 Å². The zero-order chi connectivity index (χ0) is 16.7. The molecule has 4 aromatic rings. The van der Waals surface area contributed by atoms with Gasteiger partial charge in [0.25, 0.3) is 0 Å². The third kappa shape index (κ3) is 1.98. The zero-order valence-electron chi connectivity index (χ0n) is 13.2. The molecule has 0 amide bonds. The van der Waals surface area contributed by atoms with Crippen molar-refractivity contribution in [2.75, 3.05) is 14.2 Å². The Morgan fingerprint density at radius 3 is 2.42 bits per heavy atom. The van der Waals surface area contributed by atoms with Crippen LogP contribution < -0.4 is 14.9 Å². The van der Waals surface area contributed by atoms with Crippen molar-refractivity contribution in [3.8, 4) is 22.8 Å². The molecule has 0 N–H and O–H groups in total. The molecule has 0 aliphatic rings. The van der Waals surface area contributed by atoms with Crippen LogP contribution in [0.25, 0.3) is 33.3 Å². The Morgan fingerprint density at radius 1 is 0.917 bits per heavy atom. The van der Waals surface area contributed by atoms with E-state index in [1.54, 1.807) is 18.4 Å². The second-order valence-electron chi connectivity index (χ2n) is 5.28. The van der Waals surface area contributed by atoms with Crippen LogP contribution in [0.5, 0.6) is 11.5 Å². The van der Waals surface area contributed by atoms with Crippen LogP contribution in [0.2, 0.25) is 0 Å². The summed E-state index contributed by atoms with van der Waals surface area (Å²) in [5, 5.41) is 1.07. The predicted molar refractivity (Wildman–Crippen MR) is 90.8 cm³/mol. The third-order valence-electron chi connectivity index (χ3n) is 3.97. The van der Waals surface area contributed by atoms with Crippen LogP contribution in [0.3, 0.4) is 0 Å². The summed E-state index contributed by atoms with van der Waals surface area (Å²) in [7, 11) is 2.98. The molecule has 0 radical (unpaired) electrons. The Kier molecular flexibility index (Phi) is 3.27. The quantitative estimate of drug-likeness (QED) is 0.565. The smallest absolute Gasteiger partial charge is 0.235 e. The molecule has 0 saturated heterocycles. The second-order valence-corrected chi connectivity index (χ2v) is 5.28. The van der Waals surface area contributed by atoms with Crippen molar-refractivity contribution in [1.82, 2.24) is 0 Å². The monoisotopic (exact) mass is 322 g/mol. The second kappa shape index (κ2) is 5.45. The summed E-state index contributed by atoms with van der Waals surface area (Å²) in [6, 6.07) is 12.7. The van der Waals surface area contributed by atoms with Gasteiger partial charge in [-0.05, 0) is 12.1 Å². The van der Waals surface area contributed by atoms with Gasteiger partial charge in [-0.1, -0.05) is 30.3 Å². The number of fused-ring (bicyclic) bond motifs is 3. The first kappa shape index (κ1) is 14.4. The topological polar surface area (TPSA) is 61.8 Å². The Bertz CT molecular complexity index is 1090. The number of hydrogen-bond acceptors (Lipinski definition) is 5. The van der Waals surface area contributed by atoms with Gasteiger partial charge < -0.3 is 18.3 Å². The highest BCUT2D eigenvalue weighted by Crippen LogP contribution is 2.37. The van der Waals surface area contributed by atoms with Crippen molar-refractivity contribution in [2.24, 2.45) is 0 Å². The van der Waals surface area contributed by atoms with E-state index in [4.69, 9.17) is 18.3 Å². The van der Waals surface area contributed by atoms with E-state index in [9.17, 15) is 4.79 Å². The Balaban J connectivity index is 2.18. The number of rotatable bonds is 3. The number of ether oxygens (including phenoxy) is 2. The first-order valence-corrected chi connectivity index (χ1v) is 7.39. The summed E-state index contributed by atoms with van der Waals surface area (Å²) in [6.45, 7) is 0. The van der Waals surface area contributed by atoms with Crippen LogP contribution >= 0.6 is 0 Å². The molecule has 2 aromatic heterocycles. The summed E-state index contributed by atoms with van der Waals surface area (Å²) >= 11 is 0. The van der Waals surface area contributed by atoms with Crippen molar-refractivity contribution in [3.05, 3.63) is 59.0 Å². The molecular weight excluding hydrogens is 308 g/mol. The number of benzene rings is 2. The lowest BCUT2D eigenvalue weighted by Gasteiger charge is -2.10. The molecule has 0 fully saturated rings. The lowest BCUT2D eigenvalue weighted by molar-refractivity contribution is 0.398. The van der Waals surface area contributed by atoms with E-state index in [1.165, 1.54) is 14.2 Å². The minimum Gasteiger partial charge on any atom is -0.493 e. The number of hydrogen-bond donors (Lipinski definition) is 0. The Labute approximate surface area is 137 Å². The summed E-state index contributed by atoms with van der Waals surface area (Å²) in [5.41, 5.74) is 1.50. The van der Waals surface area contributed by atoms with Crippen molar-refractivity contribution < 1.29 is 18.3 Å². The van der Waals surface area contributed by atoms with Gasteiger partial charge in [-0.3, -0.25) is 4.79 Å². The standard InChI is InChI=1S/C19H14O5/c1-21-14-10-13-15(20)19(22-2)16(11-6-4-3-5-7-11)24-17(13)12-8-9-23-18(12)14/h3-10H,1-2H3. The van der Waals surface area contributed by atoms with Crippen molar-refractivity contribution >= 4 is 21.9 Å². The fraction of sp³-hybridized carbons (Fsp3) is 0.105. The maximum atomic E-state index is 12.9. The molecule has 0 saturated carbocycles. The van der Waals surface area contributed by atoms with Crippen LogP contribution in [0, 0.1) is 0 Å². The summed E-state index contributed by atoms with van der Waals surface area (Å²) < 4.78 is 22.2. The molecular formula is C19H14O5. The van der Waals surface area contributed by atoms with E-state index >= 15 is 0 Å². The summed E-state index contributed by atoms with van der Waals surface area (Å²) in [6.07, 6.45) is 1.54. The van der Waals surface area contributed by atoms with Crippen LogP contribution in [-0.4, -0.2) is 14.2 Å². The average molecular weight is 322 g/mol. The molecule has 24 heavy (non-hydrogen) atoms. The molecule has 0 unspecified atom stereocenters. The van der Waals surface area contributed by atoms with Crippen molar-refractivity contribution in [2.45, 2.75) is 0 Å². The lowest BCUT2D eigenvalue weighted by Crippen LogP contribution is -2.08. The van der Waals surface area contributed by atoms with Gasteiger partial charge in [-0.25, -0.2) is 0 Å². The molecule has 5 nitrogen and oxygen atoms in total. The highest BCUT2D eigenvalue weighted by atomic mass is 16.5. The van der Waals surface area contributed by atoms with Gasteiger partial charge in [0.15, 0.2) is 17.1 Å². The largest absolute Gasteiger partial charge is 0.493 e. The minimum absolute atomic E-state index is 0.165. The minimum atomic E-state index is -0.251. The maximum Gasteiger partial charge on any atom is 0.235 e. The van der Waals surface area contributed by atoms with E-state index in [1.807, 2.05) is 30.3 Å². The fourth-order valence-electron chi connectivity index (χ4n) is 2.86. The van der Waals surface area contributed by atoms with E-state index in [-0.39, 0.29) is 11.2 Å². The van der Waals surface area contributed by atoms with E-state index in [0.717, 1.165) is 5.56 Å². The highest BCUT2D eigenvalue weighted by molar-refractivity contribution is 6.05. The molecule has 4 rings (SSSR count). The van der Waals surface area contributed by atoms with Gasteiger partial charge in [0.05, 0.1) is 31.3 Å². The van der Waals surface area contributed by atoms with Gasteiger partial charge in [0, 0.05) is 5.56 Å². The van der Waals surface area contributed by atoms with E-state index in [2.05, 4.69) is 0 Å². The van der Waals surface area contributed by atoms with Gasteiger partial charge in [0.1, 0.15) is 5.58 Å². The maximum absolute atomic E-state index is 12.9. The van der Waals surface area contributed by atoms with Crippen LogP contribution in [0.15, 0.2) is 62.4 Å². The van der Waals surface area contributed by atoms with Gasteiger partial charge in [0.2, 0.25) is 11.2 Å². The van der Waals surface area contributed by atoms with Crippen LogP contribution in [0.4, 0.5) is 0 Å². The molecule has 0 atom stereocenters. The zero-order valence-corrected chi connectivity index (χ0v) is 13.2. The Morgan fingerprint density at radius 2 is 1.71 bits per heavy atom. The van der Waals surface area contributed by atoms with Gasteiger partial charge in [-0.15, -0.1) is 0 Å². The first-order valence-electron chi connectivity index (χ1n) is 7.39. The van der Waals surface area contributed by atoms with E-state index in [0.29, 0.717) is 33.4 Å². The summed E-state index contributed by atoms with van der Waals surface area (Å²) in [4.78, 5) is 12.9. The molecule has 0 aliphatic carbocycles. The molecule has 120 valence electrons. The van der Waals surface area contributed by atoms with Crippen LogP contribution in [-0.2, 0) is 0 Å². The Hall–Kier alpha value is -3.21. The molecule has 0 aliphatic heterocycles. The average Bonchev–Trinajstić information content (AvgIpc) is 3.12. The molecule has 2 heterocycles. The van der Waals surface area contributed by atoms with Gasteiger partial charge in [-0.2, -0.15) is 0 Å². The number of methoxy groups -OCH3 is 2. The third-order valence-corrected chi connectivity index (χ3v) is 3.97.